The molecule has 1 aliphatic heterocycles. The van der Waals surface area contributed by atoms with Crippen LogP contribution < -0.4 is 15.5 Å². The van der Waals surface area contributed by atoms with Gasteiger partial charge < -0.3 is 15.5 Å². The maximum Gasteiger partial charge on any atom is 0.230 e. The molecule has 0 saturated heterocycles. The lowest BCUT2D eigenvalue weighted by atomic mass is 9.85. The van der Waals surface area contributed by atoms with Crippen LogP contribution in [0.3, 0.4) is 0 Å². The highest BCUT2D eigenvalue weighted by atomic mass is 16.2. The van der Waals surface area contributed by atoms with Crippen molar-refractivity contribution in [3.8, 4) is 0 Å². The molecule has 0 aromatic heterocycles. The first kappa shape index (κ1) is 14.4. The summed E-state index contributed by atoms with van der Waals surface area (Å²) in [6.45, 7) is 1.80. The van der Waals surface area contributed by atoms with E-state index in [1.165, 1.54) is 0 Å². The number of benzene rings is 1. The number of hydrogen-bond donors (Lipinski definition) is 1. The summed E-state index contributed by atoms with van der Waals surface area (Å²) in [5, 5.41) is 0. The molecule has 4 heteroatoms. The molecule has 1 aromatic carbocycles. The number of nitrogens with zero attached hydrogens (tertiary/aromatic N) is 2. The van der Waals surface area contributed by atoms with E-state index in [2.05, 4.69) is 24.1 Å². The topological polar surface area (TPSA) is 49.6 Å². The van der Waals surface area contributed by atoms with Crippen LogP contribution in [-0.2, 0) is 4.79 Å². The Morgan fingerprint density at radius 1 is 1.14 bits per heavy atom. The molecule has 1 saturated carbocycles. The third-order valence-corrected chi connectivity index (χ3v) is 4.79. The second-order valence-electron chi connectivity index (χ2n) is 6.38. The minimum Gasteiger partial charge on any atom is -0.373 e. The van der Waals surface area contributed by atoms with Crippen LogP contribution in [0.5, 0.6) is 0 Å². The zero-order valence-electron chi connectivity index (χ0n) is 12.8. The summed E-state index contributed by atoms with van der Waals surface area (Å²) in [5.41, 5.74) is 8.27. The smallest absolute Gasteiger partial charge is 0.230 e. The fourth-order valence-corrected chi connectivity index (χ4v) is 3.62. The minimum absolute atomic E-state index is 0.102. The fourth-order valence-electron chi connectivity index (χ4n) is 3.62. The van der Waals surface area contributed by atoms with Gasteiger partial charge in [-0.2, -0.15) is 0 Å². The fraction of sp³-hybridized carbons (Fsp3) is 0.588. The quantitative estimate of drug-likeness (QED) is 0.862. The SMILES string of the molecule is CN1CCCN(C(=O)C2CCCC(N)C2)c2ccccc21. The molecule has 2 unspecified atom stereocenters. The monoisotopic (exact) mass is 287 g/mol. The Kier molecular flexibility index (Phi) is 4.15. The Morgan fingerprint density at radius 2 is 1.90 bits per heavy atom. The number of carbonyl (C=O) groups excluding carboxylic acids is 1. The standard InChI is InChI=1S/C17H25N3O/c1-19-10-5-11-20(16-9-3-2-8-15(16)19)17(21)13-6-4-7-14(18)12-13/h2-3,8-9,13-14H,4-7,10-12,18H2,1H3. The molecule has 1 aromatic rings. The minimum atomic E-state index is 0.102. The zero-order chi connectivity index (χ0) is 14.8. The molecular weight excluding hydrogens is 262 g/mol. The highest BCUT2D eigenvalue weighted by Gasteiger charge is 2.31. The van der Waals surface area contributed by atoms with Crippen molar-refractivity contribution in [1.82, 2.24) is 0 Å². The Bertz CT molecular complexity index is 517. The second-order valence-corrected chi connectivity index (χ2v) is 6.38. The van der Waals surface area contributed by atoms with Gasteiger partial charge in [-0.25, -0.2) is 0 Å². The van der Waals surface area contributed by atoms with E-state index in [0.29, 0.717) is 0 Å². The Hall–Kier alpha value is -1.55. The van der Waals surface area contributed by atoms with Crippen molar-refractivity contribution >= 4 is 17.3 Å². The summed E-state index contributed by atoms with van der Waals surface area (Å²) in [6.07, 6.45) is 4.97. The van der Waals surface area contributed by atoms with Crippen LogP contribution in [0.4, 0.5) is 11.4 Å². The van der Waals surface area contributed by atoms with Crippen molar-refractivity contribution in [2.24, 2.45) is 11.7 Å². The summed E-state index contributed by atoms with van der Waals surface area (Å²) in [5.74, 6) is 0.373. The molecule has 0 bridgehead atoms. The van der Waals surface area contributed by atoms with E-state index in [-0.39, 0.29) is 17.9 Å². The van der Waals surface area contributed by atoms with E-state index in [4.69, 9.17) is 5.73 Å². The number of para-hydroxylation sites is 2. The molecule has 2 atom stereocenters. The van der Waals surface area contributed by atoms with Crippen molar-refractivity contribution in [3.05, 3.63) is 24.3 Å². The Morgan fingerprint density at radius 3 is 2.67 bits per heavy atom. The molecular formula is C17H25N3O. The van der Waals surface area contributed by atoms with Gasteiger partial charge in [0, 0.05) is 32.1 Å². The highest BCUT2D eigenvalue weighted by molar-refractivity contribution is 5.98. The number of carbonyl (C=O) groups is 1. The molecule has 3 rings (SSSR count). The molecule has 2 N–H and O–H groups in total. The summed E-state index contributed by atoms with van der Waals surface area (Å²) in [4.78, 5) is 17.2. The Balaban J connectivity index is 1.87. The predicted molar refractivity (Wildman–Crippen MR) is 86.6 cm³/mol. The van der Waals surface area contributed by atoms with Crippen molar-refractivity contribution in [2.45, 2.75) is 38.1 Å². The highest BCUT2D eigenvalue weighted by Crippen LogP contribution is 2.34. The van der Waals surface area contributed by atoms with Crippen LogP contribution in [-0.4, -0.2) is 32.1 Å². The third-order valence-electron chi connectivity index (χ3n) is 4.79. The van der Waals surface area contributed by atoms with Gasteiger partial charge in [0.1, 0.15) is 0 Å². The van der Waals surface area contributed by atoms with Gasteiger partial charge in [-0.3, -0.25) is 4.79 Å². The second kappa shape index (κ2) is 6.06. The summed E-state index contributed by atoms with van der Waals surface area (Å²) in [6, 6.07) is 8.42. The zero-order valence-corrected chi connectivity index (χ0v) is 12.8. The summed E-state index contributed by atoms with van der Waals surface area (Å²) >= 11 is 0. The first-order chi connectivity index (χ1) is 10.2. The van der Waals surface area contributed by atoms with Crippen LogP contribution in [0.1, 0.15) is 32.1 Å². The number of fused-ring (bicyclic) bond motifs is 1. The molecule has 1 fully saturated rings. The maximum absolute atomic E-state index is 13.0. The van der Waals surface area contributed by atoms with Gasteiger partial charge in [0.15, 0.2) is 0 Å². The predicted octanol–water partition coefficient (Wildman–Crippen LogP) is 2.38. The first-order valence-corrected chi connectivity index (χ1v) is 8.04. The number of anilines is 2. The molecule has 0 radical (unpaired) electrons. The van der Waals surface area contributed by atoms with Crippen molar-refractivity contribution in [2.75, 3.05) is 29.9 Å². The number of rotatable bonds is 1. The van der Waals surface area contributed by atoms with E-state index in [1.54, 1.807) is 0 Å². The molecule has 4 nitrogen and oxygen atoms in total. The lowest BCUT2D eigenvalue weighted by Gasteiger charge is -2.31. The van der Waals surface area contributed by atoms with Gasteiger partial charge in [-0.15, -0.1) is 0 Å². The van der Waals surface area contributed by atoms with Crippen molar-refractivity contribution in [3.63, 3.8) is 0 Å². The van der Waals surface area contributed by atoms with E-state index in [0.717, 1.165) is 56.6 Å². The Labute approximate surface area is 126 Å². The first-order valence-electron chi connectivity index (χ1n) is 8.04. The average molecular weight is 287 g/mol. The van der Waals surface area contributed by atoms with Crippen molar-refractivity contribution in [1.29, 1.82) is 0 Å². The largest absolute Gasteiger partial charge is 0.373 e. The van der Waals surface area contributed by atoms with E-state index in [1.807, 2.05) is 17.0 Å². The molecule has 21 heavy (non-hydrogen) atoms. The van der Waals surface area contributed by atoms with Gasteiger partial charge in [0.05, 0.1) is 11.4 Å². The molecule has 0 spiro atoms. The summed E-state index contributed by atoms with van der Waals surface area (Å²) in [7, 11) is 2.10. The number of amides is 1. The van der Waals surface area contributed by atoms with Gasteiger partial charge >= 0.3 is 0 Å². The third kappa shape index (κ3) is 2.91. The van der Waals surface area contributed by atoms with E-state index in [9.17, 15) is 4.79 Å². The van der Waals surface area contributed by atoms with E-state index < -0.39 is 0 Å². The lowest BCUT2D eigenvalue weighted by Crippen LogP contribution is -2.41. The van der Waals surface area contributed by atoms with Crippen LogP contribution in [0.15, 0.2) is 24.3 Å². The molecule has 1 aliphatic carbocycles. The summed E-state index contributed by atoms with van der Waals surface area (Å²) < 4.78 is 0. The van der Waals surface area contributed by atoms with Crippen LogP contribution in [0.2, 0.25) is 0 Å². The van der Waals surface area contributed by atoms with Crippen LogP contribution in [0, 0.1) is 5.92 Å². The van der Waals surface area contributed by atoms with Crippen molar-refractivity contribution < 1.29 is 4.79 Å². The van der Waals surface area contributed by atoms with Crippen LogP contribution in [0.25, 0.3) is 0 Å². The lowest BCUT2D eigenvalue weighted by molar-refractivity contribution is -0.123. The average Bonchev–Trinajstić information content (AvgIpc) is 2.66. The molecule has 2 aliphatic rings. The normalized spacial score (nSPS) is 26.2. The van der Waals surface area contributed by atoms with Gasteiger partial charge in [-0.1, -0.05) is 18.6 Å². The van der Waals surface area contributed by atoms with Gasteiger partial charge in [0.2, 0.25) is 5.91 Å². The molecule has 114 valence electrons. The molecule has 1 heterocycles. The van der Waals surface area contributed by atoms with Gasteiger partial charge in [-0.05, 0) is 37.8 Å². The maximum atomic E-state index is 13.0. The number of hydrogen-bond acceptors (Lipinski definition) is 3. The number of nitrogens with two attached hydrogens (primary N) is 1. The molecule has 1 amide bonds. The van der Waals surface area contributed by atoms with Gasteiger partial charge in [0.25, 0.3) is 0 Å². The van der Waals surface area contributed by atoms with E-state index >= 15 is 0 Å². The van der Waals surface area contributed by atoms with Crippen LogP contribution >= 0.6 is 0 Å².